The lowest BCUT2D eigenvalue weighted by molar-refractivity contribution is -0.0102. The fraction of sp³-hybridized carbons (Fsp3) is 0.409. The number of hydrogen-bond acceptors (Lipinski definition) is 5. The Morgan fingerprint density at radius 2 is 1.97 bits per heavy atom. The second-order valence-electron chi connectivity index (χ2n) is 8.19. The first-order valence-corrected chi connectivity index (χ1v) is 12.8. The molecule has 34 heavy (non-hydrogen) atoms. The summed E-state index contributed by atoms with van der Waals surface area (Å²) >= 11 is 6.36. The molecule has 2 amide bonds. The quantitative estimate of drug-likeness (QED) is 0.567. The Balaban J connectivity index is 2.00. The number of pyridine rings is 1. The third-order valence-corrected chi connectivity index (χ3v) is 7.74. The molecule has 1 aliphatic rings. The van der Waals surface area contributed by atoms with Crippen LogP contribution in [0.25, 0.3) is 0 Å². The van der Waals surface area contributed by atoms with E-state index < -0.39 is 27.7 Å². The Morgan fingerprint density at radius 3 is 2.65 bits per heavy atom. The van der Waals surface area contributed by atoms with Gasteiger partial charge < -0.3 is 15.3 Å². The van der Waals surface area contributed by atoms with Crippen molar-refractivity contribution in [1.82, 2.24) is 4.98 Å². The Labute approximate surface area is 201 Å². The fourth-order valence-electron chi connectivity index (χ4n) is 3.79. The van der Waals surface area contributed by atoms with Crippen LogP contribution in [-0.2, 0) is 9.73 Å². The molecule has 0 bridgehead atoms. The summed E-state index contributed by atoms with van der Waals surface area (Å²) in [6.45, 7) is 3.68. The smallest absolute Gasteiger partial charge is 0.439 e. The molecule has 12 heteroatoms. The molecule has 1 fully saturated rings. The lowest BCUT2D eigenvalue weighted by Gasteiger charge is -2.26. The number of benzene rings is 1. The number of nitrogens with zero attached hydrogens (tertiary/aromatic N) is 3. The zero-order chi connectivity index (χ0) is 25.3. The van der Waals surface area contributed by atoms with Crippen molar-refractivity contribution in [3.63, 3.8) is 0 Å². The van der Waals surface area contributed by atoms with E-state index in [1.54, 1.807) is 24.8 Å². The first-order valence-electron chi connectivity index (χ1n) is 10.5. The summed E-state index contributed by atoms with van der Waals surface area (Å²) in [5.41, 5.74) is 1.33. The normalized spacial score (nSPS) is 17.4. The summed E-state index contributed by atoms with van der Waals surface area (Å²) in [7, 11) is -3.23. The van der Waals surface area contributed by atoms with Gasteiger partial charge in [0.25, 0.3) is 5.91 Å². The van der Waals surface area contributed by atoms with Gasteiger partial charge >= 0.3 is 6.09 Å². The molecule has 1 aromatic carbocycles. The molecule has 2 N–H and O–H groups in total. The lowest BCUT2D eigenvalue weighted by atomic mass is 10.1. The van der Waals surface area contributed by atoms with Gasteiger partial charge in [0.1, 0.15) is 5.82 Å². The van der Waals surface area contributed by atoms with E-state index in [1.807, 2.05) is 0 Å². The third-order valence-electron chi connectivity index (χ3n) is 5.55. The van der Waals surface area contributed by atoms with Crippen LogP contribution in [-0.4, -0.2) is 51.6 Å². The average molecular weight is 515 g/mol. The Morgan fingerprint density at radius 1 is 1.26 bits per heavy atom. The lowest BCUT2D eigenvalue weighted by Crippen LogP contribution is -2.30. The van der Waals surface area contributed by atoms with Crippen molar-refractivity contribution < 1.29 is 27.7 Å². The zero-order valence-electron chi connectivity index (χ0n) is 18.9. The van der Waals surface area contributed by atoms with Crippen LogP contribution >= 0.6 is 11.6 Å². The largest absolute Gasteiger partial charge is 0.463 e. The van der Waals surface area contributed by atoms with Crippen LogP contribution in [0.15, 0.2) is 33.5 Å². The van der Waals surface area contributed by atoms with Crippen molar-refractivity contribution in [2.24, 2.45) is 4.36 Å². The van der Waals surface area contributed by atoms with Crippen molar-refractivity contribution >= 4 is 44.8 Å². The van der Waals surface area contributed by atoms with E-state index in [1.165, 1.54) is 24.5 Å². The van der Waals surface area contributed by atoms with E-state index in [0.717, 1.165) is 0 Å². The van der Waals surface area contributed by atoms with Gasteiger partial charge in [0, 0.05) is 42.8 Å². The highest BCUT2D eigenvalue weighted by Gasteiger charge is 2.34. The van der Waals surface area contributed by atoms with Crippen LogP contribution in [0.4, 0.5) is 25.1 Å². The predicted octanol–water partition coefficient (Wildman–Crippen LogP) is 5.36. The second-order valence-corrected chi connectivity index (χ2v) is 10.8. The van der Waals surface area contributed by atoms with E-state index >= 15 is 0 Å². The number of anilines is 2. The van der Waals surface area contributed by atoms with E-state index in [-0.39, 0.29) is 47.8 Å². The van der Waals surface area contributed by atoms with Crippen LogP contribution in [0.3, 0.4) is 0 Å². The fourth-order valence-corrected chi connectivity index (χ4v) is 5.01. The monoisotopic (exact) mass is 514 g/mol. The zero-order valence-corrected chi connectivity index (χ0v) is 20.5. The number of halogens is 3. The standard InChI is InChI=1S/C22H25ClF2N4O4S/c1-13-17(19(26-14(2)18(13)23)29-10-5-8-22(24,25)9-11-29)20(30)27-15-6-4-7-16(12-15)34(3,33)28-21(31)32/h4,6-7,12H,5,8-11H2,1-3H3,(H,27,30)(H,31,32). The van der Waals surface area contributed by atoms with E-state index in [2.05, 4.69) is 14.7 Å². The van der Waals surface area contributed by atoms with Gasteiger partial charge in [-0.25, -0.2) is 22.8 Å². The van der Waals surface area contributed by atoms with Crippen molar-refractivity contribution in [3.05, 3.63) is 46.1 Å². The molecule has 1 unspecified atom stereocenters. The Hall–Kier alpha value is -2.79. The topological polar surface area (TPSA) is 112 Å². The molecule has 0 aliphatic carbocycles. The molecule has 0 spiro atoms. The minimum absolute atomic E-state index is 0.0326. The van der Waals surface area contributed by atoms with Gasteiger partial charge in [-0.15, -0.1) is 4.36 Å². The maximum Gasteiger partial charge on any atom is 0.439 e. The molecular weight excluding hydrogens is 490 g/mol. The molecule has 184 valence electrons. The molecule has 1 aliphatic heterocycles. The summed E-state index contributed by atoms with van der Waals surface area (Å²) in [6.07, 6.45) is -0.720. The molecule has 1 aromatic heterocycles. The number of amides is 2. The number of aromatic nitrogens is 1. The average Bonchev–Trinajstić information content (AvgIpc) is 2.91. The molecular formula is C22H25ClF2N4O4S. The highest BCUT2D eigenvalue weighted by molar-refractivity contribution is 7.93. The van der Waals surface area contributed by atoms with E-state index in [0.29, 0.717) is 22.8 Å². The van der Waals surface area contributed by atoms with Gasteiger partial charge in [0.15, 0.2) is 0 Å². The molecule has 8 nitrogen and oxygen atoms in total. The van der Waals surface area contributed by atoms with Gasteiger partial charge in [0.05, 0.1) is 26.0 Å². The summed E-state index contributed by atoms with van der Waals surface area (Å²) in [6, 6.07) is 5.87. The molecule has 3 rings (SSSR count). The first kappa shape index (κ1) is 25.8. The van der Waals surface area contributed by atoms with Crippen LogP contribution in [0.1, 0.15) is 40.9 Å². The molecule has 0 radical (unpaired) electrons. The van der Waals surface area contributed by atoms with Crippen molar-refractivity contribution in [3.8, 4) is 0 Å². The number of carbonyl (C=O) groups is 2. The maximum absolute atomic E-state index is 13.9. The number of hydrogen-bond donors (Lipinski definition) is 2. The summed E-state index contributed by atoms with van der Waals surface area (Å²) in [5, 5.41) is 11.9. The number of aryl methyl sites for hydroxylation is 1. The molecule has 0 saturated carbocycles. The molecule has 1 saturated heterocycles. The highest BCUT2D eigenvalue weighted by Crippen LogP contribution is 2.34. The minimum atomic E-state index is -3.23. The van der Waals surface area contributed by atoms with Crippen LogP contribution in [0.2, 0.25) is 5.02 Å². The number of carbonyl (C=O) groups excluding carboxylic acids is 1. The second kappa shape index (κ2) is 9.83. The summed E-state index contributed by atoms with van der Waals surface area (Å²) in [5.74, 6) is -3.08. The van der Waals surface area contributed by atoms with Gasteiger partial charge in [-0.2, -0.15) is 0 Å². The first-order chi connectivity index (χ1) is 15.8. The SMILES string of the molecule is Cc1nc(N2CCCC(F)(F)CC2)c(C(=O)Nc2cccc(S(C)(=O)=NC(=O)O)c2)c(C)c1Cl. The number of rotatable bonds is 4. The molecule has 2 heterocycles. The van der Waals surface area contributed by atoms with Gasteiger partial charge in [-0.1, -0.05) is 17.7 Å². The van der Waals surface area contributed by atoms with Crippen molar-refractivity contribution in [2.45, 2.75) is 43.9 Å². The number of carboxylic acid groups (broad SMARTS) is 1. The van der Waals surface area contributed by atoms with Crippen molar-refractivity contribution in [1.29, 1.82) is 0 Å². The highest BCUT2D eigenvalue weighted by atomic mass is 35.5. The van der Waals surface area contributed by atoms with Gasteiger partial charge in [-0.3, -0.25) is 4.79 Å². The van der Waals surface area contributed by atoms with Gasteiger partial charge in [-0.05, 0) is 44.0 Å². The van der Waals surface area contributed by atoms with Gasteiger partial charge in [0.2, 0.25) is 5.92 Å². The maximum atomic E-state index is 13.9. The van der Waals surface area contributed by atoms with Crippen molar-refractivity contribution in [2.75, 3.05) is 29.6 Å². The Bertz CT molecular complexity index is 1260. The van der Waals surface area contributed by atoms with Crippen LogP contribution < -0.4 is 10.2 Å². The minimum Gasteiger partial charge on any atom is -0.463 e. The predicted molar refractivity (Wildman–Crippen MR) is 127 cm³/mol. The van der Waals surface area contributed by atoms with Crippen LogP contribution in [0.5, 0.6) is 0 Å². The molecule has 2 aromatic rings. The van der Waals surface area contributed by atoms with Crippen LogP contribution in [0, 0.1) is 13.8 Å². The summed E-state index contributed by atoms with van der Waals surface area (Å²) < 4.78 is 43.7. The number of alkyl halides is 2. The Kier molecular flexibility index (Phi) is 7.47. The third kappa shape index (κ3) is 5.82. The van der Waals surface area contributed by atoms with E-state index in [9.17, 15) is 22.6 Å². The summed E-state index contributed by atoms with van der Waals surface area (Å²) in [4.78, 5) is 30.5. The number of nitrogens with one attached hydrogen (secondary N) is 1. The molecule has 1 atom stereocenters. The van der Waals surface area contributed by atoms with E-state index in [4.69, 9.17) is 16.7 Å².